The zero-order chi connectivity index (χ0) is 29.6. The van der Waals surface area contributed by atoms with E-state index in [4.69, 9.17) is 0 Å². The van der Waals surface area contributed by atoms with Crippen molar-refractivity contribution in [3.05, 3.63) is 98.1 Å². The van der Waals surface area contributed by atoms with Crippen molar-refractivity contribution in [2.75, 3.05) is 31.6 Å². The van der Waals surface area contributed by atoms with E-state index in [9.17, 15) is 14.7 Å². The minimum Gasteiger partial charge on any atom is -0.478 e. The molecule has 0 amide bonds. The Morgan fingerprint density at radius 3 is 2.50 bits per heavy atom. The largest absolute Gasteiger partial charge is 0.478 e. The van der Waals surface area contributed by atoms with E-state index in [1.54, 1.807) is 13.0 Å². The first-order chi connectivity index (χ1) is 20.2. The third-order valence-corrected chi connectivity index (χ3v) is 9.77. The smallest absolute Gasteiger partial charge is 0.336 e. The fraction of sp³-hybridized carbons (Fsp3) is 0.432. The number of unbranched alkanes of at least 4 members (excludes halogenated alkanes) is 2. The first-order valence-corrected chi connectivity index (χ1v) is 15.7. The van der Waals surface area contributed by atoms with Crippen LogP contribution in [0.2, 0.25) is 0 Å². The summed E-state index contributed by atoms with van der Waals surface area (Å²) in [5, 5.41) is 12.8. The van der Waals surface area contributed by atoms with Gasteiger partial charge in [0.2, 0.25) is 5.36 Å². The van der Waals surface area contributed by atoms with Crippen LogP contribution < -0.4 is 20.1 Å². The standard InChI is InChI=1S/C37H42N2O3/c1-24(40)12-6-5-9-18-39-19-11-14-26-21-30-32(23-34(26)39)37(2,3)31-22-33-25(13-10-17-38(33)4)20-29(31)35(30)27-15-7-8-16-28(27)36(41)42/h7-8,15-16,20-23H,5-6,9-14,17-19H2,1-4H3/p+1. The SMILES string of the molecule is CC(=O)CCCCC[N+]1=c2cc3c(cc2CCC1)=C(c1ccccc1C(=O)O)c1cc2c(cc1C3(C)C)N(C)CCC2. The van der Waals surface area contributed by atoms with Gasteiger partial charge in [0.05, 0.1) is 5.56 Å². The van der Waals surface area contributed by atoms with Gasteiger partial charge in [-0.15, -0.1) is 0 Å². The van der Waals surface area contributed by atoms with Crippen LogP contribution in [0.3, 0.4) is 0 Å². The summed E-state index contributed by atoms with van der Waals surface area (Å²) in [4.78, 5) is 26.3. The summed E-state index contributed by atoms with van der Waals surface area (Å²) < 4.78 is 2.55. The molecule has 0 saturated heterocycles. The van der Waals surface area contributed by atoms with Crippen LogP contribution in [0.4, 0.5) is 5.69 Å². The number of benzene rings is 3. The van der Waals surface area contributed by atoms with Crippen LogP contribution in [0.5, 0.6) is 0 Å². The molecule has 0 fully saturated rings. The van der Waals surface area contributed by atoms with E-state index in [2.05, 4.69) is 54.6 Å². The van der Waals surface area contributed by atoms with Crippen molar-refractivity contribution < 1.29 is 14.7 Å². The Balaban J connectivity index is 1.61. The molecule has 2 aliphatic heterocycles. The minimum absolute atomic E-state index is 0.251. The summed E-state index contributed by atoms with van der Waals surface area (Å²) in [5.74, 6) is -0.617. The van der Waals surface area contributed by atoms with Gasteiger partial charge in [-0.25, -0.2) is 9.37 Å². The lowest BCUT2D eigenvalue weighted by Crippen LogP contribution is -2.43. The third kappa shape index (κ3) is 4.97. The van der Waals surface area contributed by atoms with Crippen molar-refractivity contribution in [1.29, 1.82) is 0 Å². The molecular formula is C37H43N2O3+. The average molecular weight is 564 g/mol. The predicted molar refractivity (Wildman–Crippen MR) is 169 cm³/mol. The molecule has 0 aromatic heterocycles. The van der Waals surface area contributed by atoms with Crippen molar-refractivity contribution in [3.63, 3.8) is 0 Å². The Morgan fingerprint density at radius 1 is 0.929 bits per heavy atom. The Bertz CT molecular complexity index is 1720. The Kier molecular flexibility index (Phi) is 7.55. The van der Waals surface area contributed by atoms with Crippen molar-refractivity contribution >= 4 is 23.0 Å². The second-order valence-electron chi connectivity index (χ2n) is 13.0. The van der Waals surface area contributed by atoms with Crippen LogP contribution in [0.1, 0.15) is 103 Å². The lowest BCUT2D eigenvalue weighted by atomic mass is 9.67. The molecule has 0 unspecified atom stereocenters. The van der Waals surface area contributed by atoms with Gasteiger partial charge in [0.15, 0.2) is 0 Å². The number of anilines is 1. The Hall–Kier alpha value is -3.73. The molecule has 3 aliphatic rings. The summed E-state index contributed by atoms with van der Waals surface area (Å²) in [7, 11) is 2.18. The van der Waals surface area contributed by atoms with E-state index in [1.807, 2.05) is 18.2 Å². The van der Waals surface area contributed by atoms with Crippen LogP contribution in [-0.2, 0) is 23.1 Å². The highest BCUT2D eigenvalue weighted by atomic mass is 16.4. The van der Waals surface area contributed by atoms with Crippen molar-refractivity contribution in [2.24, 2.45) is 0 Å². The molecule has 0 saturated carbocycles. The monoisotopic (exact) mass is 563 g/mol. The van der Waals surface area contributed by atoms with Crippen molar-refractivity contribution in [1.82, 2.24) is 4.58 Å². The number of carbonyl (C=O) groups excluding carboxylic acids is 1. The fourth-order valence-corrected chi connectivity index (χ4v) is 7.53. The molecule has 5 heteroatoms. The normalized spacial score (nSPS) is 16.8. The summed E-state index contributed by atoms with van der Waals surface area (Å²) in [6.45, 7) is 9.44. The molecule has 1 aliphatic carbocycles. The number of nitrogens with zero attached hydrogens (tertiary/aromatic N) is 2. The number of carbonyl (C=O) groups is 2. The first kappa shape index (κ1) is 28.4. The highest BCUT2D eigenvalue weighted by Gasteiger charge is 2.37. The number of hydrogen-bond donors (Lipinski definition) is 1. The Labute approximate surface area is 249 Å². The van der Waals surface area contributed by atoms with Crippen molar-refractivity contribution in [2.45, 2.75) is 77.6 Å². The molecule has 3 aromatic rings. The quantitative estimate of drug-likeness (QED) is 0.301. The number of hydrogen-bond acceptors (Lipinski definition) is 3. The van der Waals surface area contributed by atoms with Gasteiger partial charge in [0, 0.05) is 55.6 Å². The first-order valence-electron chi connectivity index (χ1n) is 15.7. The number of carboxylic acid groups (broad SMARTS) is 1. The van der Waals surface area contributed by atoms with Crippen LogP contribution in [-0.4, -0.2) is 43.5 Å². The number of aryl methyl sites for hydroxylation is 2. The molecule has 218 valence electrons. The average Bonchev–Trinajstić information content (AvgIpc) is 2.96. The maximum Gasteiger partial charge on any atom is 0.336 e. The number of rotatable bonds is 8. The second-order valence-corrected chi connectivity index (χ2v) is 13.0. The number of carboxylic acids is 1. The minimum atomic E-state index is -0.891. The number of aromatic carboxylic acids is 1. The van der Waals surface area contributed by atoms with E-state index in [0.29, 0.717) is 12.0 Å². The second kappa shape index (κ2) is 11.2. The Morgan fingerprint density at radius 2 is 1.71 bits per heavy atom. The molecule has 0 atom stereocenters. The van der Waals surface area contributed by atoms with Gasteiger partial charge < -0.3 is 14.8 Å². The number of fused-ring (bicyclic) bond motifs is 4. The molecule has 6 rings (SSSR count). The van der Waals surface area contributed by atoms with E-state index < -0.39 is 5.97 Å². The van der Waals surface area contributed by atoms with Gasteiger partial charge in [-0.2, -0.15) is 0 Å². The molecule has 0 radical (unpaired) electrons. The van der Waals surface area contributed by atoms with E-state index in [-0.39, 0.29) is 11.2 Å². The highest BCUT2D eigenvalue weighted by Crippen LogP contribution is 2.44. The number of ketones is 1. The summed E-state index contributed by atoms with van der Waals surface area (Å²) in [6, 6.07) is 17.1. The summed E-state index contributed by atoms with van der Waals surface area (Å²) >= 11 is 0. The van der Waals surface area contributed by atoms with Gasteiger partial charge in [0.1, 0.15) is 18.9 Å². The lowest BCUT2D eigenvalue weighted by Gasteiger charge is -2.38. The van der Waals surface area contributed by atoms with Crippen LogP contribution >= 0.6 is 0 Å². The zero-order valence-electron chi connectivity index (χ0n) is 25.6. The molecule has 2 heterocycles. The van der Waals surface area contributed by atoms with Gasteiger partial charge in [-0.1, -0.05) is 32.0 Å². The third-order valence-electron chi connectivity index (χ3n) is 9.77. The molecular weight excluding hydrogens is 520 g/mol. The van der Waals surface area contributed by atoms with Gasteiger partial charge in [-0.3, -0.25) is 0 Å². The molecule has 0 bridgehead atoms. The van der Waals surface area contributed by atoms with E-state index in [0.717, 1.165) is 75.7 Å². The lowest BCUT2D eigenvalue weighted by molar-refractivity contribution is -0.117. The van der Waals surface area contributed by atoms with Gasteiger partial charge in [0.25, 0.3) is 0 Å². The molecule has 3 aromatic carbocycles. The number of Topliss-reactive ketones (excluding diaryl/α,β-unsaturated/α-hetero) is 1. The zero-order valence-corrected chi connectivity index (χ0v) is 25.6. The summed E-state index contributed by atoms with van der Waals surface area (Å²) in [6.07, 6.45) is 8.09. The fourth-order valence-electron chi connectivity index (χ4n) is 7.53. The topological polar surface area (TPSA) is 60.6 Å². The van der Waals surface area contributed by atoms with Crippen LogP contribution in [0.25, 0.3) is 5.57 Å². The van der Waals surface area contributed by atoms with Gasteiger partial charge in [-0.05, 0) is 102 Å². The maximum absolute atomic E-state index is 12.5. The van der Waals surface area contributed by atoms with E-state index >= 15 is 0 Å². The molecule has 0 spiro atoms. The van der Waals surface area contributed by atoms with Crippen molar-refractivity contribution in [3.8, 4) is 0 Å². The molecule has 5 nitrogen and oxygen atoms in total. The molecule has 1 N–H and O–H groups in total. The van der Waals surface area contributed by atoms with Crippen LogP contribution in [0, 0.1) is 0 Å². The summed E-state index contributed by atoms with van der Waals surface area (Å²) in [5.41, 5.74) is 9.66. The van der Waals surface area contributed by atoms with E-state index in [1.165, 1.54) is 44.1 Å². The van der Waals surface area contributed by atoms with Crippen LogP contribution in [0.15, 0.2) is 48.5 Å². The molecule has 42 heavy (non-hydrogen) atoms. The predicted octanol–water partition coefficient (Wildman–Crippen LogP) is 5.24. The highest BCUT2D eigenvalue weighted by molar-refractivity contribution is 5.98. The maximum atomic E-state index is 12.5. The van der Waals surface area contributed by atoms with Gasteiger partial charge >= 0.3 is 5.97 Å².